The second-order valence-corrected chi connectivity index (χ2v) is 11.9. The first-order valence-electron chi connectivity index (χ1n) is 13.3. The lowest BCUT2D eigenvalue weighted by molar-refractivity contribution is -0.173. The molecule has 3 fully saturated rings. The Bertz CT molecular complexity index is 1650. The van der Waals surface area contributed by atoms with Gasteiger partial charge >= 0.3 is 0 Å². The third-order valence-electron chi connectivity index (χ3n) is 9.56. The largest absolute Gasteiger partial charge is 0.508 e. The molecule has 4 amide bonds. The average molecular weight is 579 g/mol. The minimum Gasteiger partial charge on any atom is -0.508 e. The Morgan fingerprint density at radius 3 is 2.59 bits per heavy atom. The maximum atomic E-state index is 14.4. The molecule has 2 saturated heterocycles. The standard InChI is InChI=1S/C30H24ClFN2O7/c1-30-20(27(37)33(29(30)39)15-2-6-22(32)21(31)10-15)11-19-17(4-5-18-24(19)28(38)34(40)26(18)36)25(30)14-8-13-9-16(35)3-7-23(13)41-12-14/h2-4,6-7,9-10,12,18-20,24-25,35,40H,5,8,11H2,1H3/t18-,19+,20-,24-,25-,30+/m0/s1. The Morgan fingerprint density at radius 2 is 1.83 bits per heavy atom. The molecule has 2 aromatic carbocycles. The van der Waals surface area contributed by atoms with Gasteiger partial charge in [0, 0.05) is 17.9 Å². The number of imide groups is 2. The highest BCUT2D eigenvalue weighted by Gasteiger charge is 2.68. The van der Waals surface area contributed by atoms with Crippen molar-refractivity contribution in [3.05, 3.63) is 76.3 Å². The molecule has 0 aromatic heterocycles. The Balaban J connectivity index is 1.38. The van der Waals surface area contributed by atoms with Crippen molar-refractivity contribution in [3.63, 3.8) is 0 Å². The molecular weight excluding hydrogens is 555 g/mol. The van der Waals surface area contributed by atoms with Crippen molar-refractivity contribution in [1.82, 2.24) is 5.06 Å². The van der Waals surface area contributed by atoms with Crippen molar-refractivity contribution in [2.24, 2.45) is 35.0 Å². The van der Waals surface area contributed by atoms with E-state index in [1.54, 1.807) is 25.3 Å². The number of carbonyl (C=O) groups is 4. The van der Waals surface area contributed by atoms with Crippen molar-refractivity contribution < 1.29 is 38.6 Å². The second-order valence-electron chi connectivity index (χ2n) is 11.5. The summed E-state index contributed by atoms with van der Waals surface area (Å²) >= 11 is 6.01. The fourth-order valence-corrected chi connectivity index (χ4v) is 7.87. The number of ether oxygens (including phenoxy) is 1. The van der Waals surface area contributed by atoms with Crippen LogP contribution in [0, 0.1) is 40.8 Å². The molecule has 41 heavy (non-hydrogen) atoms. The van der Waals surface area contributed by atoms with Crippen LogP contribution in [0.25, 0.3) is 0 Å². The molecule has 2 aliphatic carbocycles. The molecule has 0 bridgehead atoms. The summed E-state index contributed by atoms with van der Waals surface area (Å²) in [5.41, 5.74) is 0.907. The lowest BCUT2D eigenvalue weighted by atomic mass is 9.51. The third kappa shape index (κ3) is 3.43. The van der Waals surface area contributed by atoms with Crippen LogP contribution in [-0.2, 0) is 25.6 Å². The molecule has 7 rings (SSSR count). The van der Waals surface area contributed by atoms with E-state index >= 15 is 0 Å². The third-order valence-corrected chi connectivity index (χ3v) is 9.85. The molecule has 2 aromatic rings. The first-order chi connectivity index (χ1) is 19.5. The summed E-state index contributed by atoms with van der Waals surface area (Å²) in [6.45, 7) is 1.72. The minimum absolute atomic E-state index is 0.0449. The van der Waals surface area contributed by atoms with Gasteiger partial charge in [0.05, 0.1) is 40.1 Å². The lowest BCUT2D eigenvalue weighted by Gasteiger charge is -2.49. The van der Waals surface area contributed by atoms with Gasteiger partial charge < -0.3 is 9.84 Å². The molecule has 1 saturated carbocycles. The number of fused-ring (bicyclic) bond motifs is 5. The van der Waals surface area contributed by atoms with E-state index in [2.05, 4.69) is 0 Å². The Labute approximate surface area is 238 Å². The number of anilines is 1. The van der Waals surface area contributed by atoms with Crippen LogP contribution in [0.1, 0.15) is 25.3 Å². The molecule has 9 nitrogen and oxygen atoms in total. The van der Waals surface area contributed by atoms with Gasteiger partial charge in [-0.2, -0.15) is 5.06 Å². The van der Waals surface area contributed by atoms with E-state index in [1.807, 2.05) is 6.08 Å². The molecule has 11 heteroatoms. The molecule has 3 aliphatic heterocycles. The van der Waals surface area contributed by atoms with Crippen molar-refractivity contribution in [1.29, 1.82) is 0 Å². The quantitative estimate of drug-likeness (QED) is 0.311. The first-order valence-corrected chi connectivity index (χ1v) is 13.7. The van der Waals surface area contributed by atoms with Crippen LogP contribution in [0.15, 0.2) is 59.9 Å². The summed E-state index contributed by atoms with van der Waals surface area (Å²) in [6, 6.07) is 8.36. The second kappa shape index (κ2) is 8.74. The molecule has 0 unspecified atom stereocenters. The van der Waals surface area contributed by atoms with Crippen LogP contribution < -0.4 is 9.64 Å². The minimum atomic E-state index is -1.32. The number of allylic oxidation sites excluding steroid dienone is 3. The number of hydroxylamine groups is 2. The maximum Gasteiger partial charge on any atom is 0.257 e. The number of nitrogens with zero attached hydrogens (tertiary/aromatic N) is 2. The fourth-order valence-electron chi connectivity index (χ4n) is 7.70. The Kier molecular flexibility index (Phi) is 5.52. The molecule has 210 valence electrons. The number of carbonyl (C=O) groups excluding carboxylic acids is 4. The number of benzene rings is 2. The summed E-state index contributed by atoms with van der Waals surface area (Å²) in [6.07, 6.45) is 4.01. The summed E-state index contributed by atoms with van der Waals surface area (Å²) < 4.78 is 19.9. The normalized spacial score (nSPS) is 32.1. The van der Waals surface area contributed by atoms with Gasteiger partial charge in [0.2, 0.25) is 11.8 Å². The number of rotatable bonds is 2. The molecule has 3 heterocycles. The van der Waals surface area contributed by atoms with E-state index in [-0.39, 0.29) is 34.4 Å². The summed E-state index contributed by atoms with van der Waals surface area (Å²) in [5.74, 6) is -6.34. The van der Waals surface area contributed by atoms with Gasteiger partial charge in [0.15, 0.2) is 0 Å². The summed E-state index contributed by atoms with van der Waals surface area (Å²) in [4.78, 5) is 55.2. The van der Waals surface area contributed by atoms with Gasteiger partial charge in [0.25, 0.3) is 11.8 Å². The van der Waals surface area contributed by atoms with Gasteiger partial charge in [-0.1, -0.05) is 23.3 Å². The highest BCUT2D eigenvalue weighted by Crippen LogP contribution is 2.62. The van der Waals surface area contributed by atoms with E-state index in [9.17, 15) is 33.9 Å². The van der Waals surface area contributed by atoms with E-state index in [0.29, 0.717) is 23.3 Å². The number of phenols is 1. The summed E-state index contributed by atoms with van der Waals surface area (Å²) in [7, 11) is 0. The summed E-state index contributed by atoms with van der Waals surface area (Å²) in [5, 5.41) is 20.2. The number of phenolic OH excluding ortho intramolecular Hbond substituents is 1. The number of hydrogen-bond donors (Lipinski definition) is 2. The molecule has 6 atom stereocenters. The van der Waals surface area contributed by atoms with Crippen molar-refractivity contribution in [2.75, 3.05) is 4.90 Å². The number of amides is 4. The Hall–Kier alpha value is -4.02. The fraction of sp³-hybridized carbons (Fsp3) is 0.333. The topological polar surface area (TPSA) is 124 Å². The number of hydrogen-bond acceptors (Lipinski definition) is 7. The number of aromatic hydroxyl groups is 1. The van der Waals surface area contributed by atoms with Crippen LogP contribution >= 0.6 is 11.6 Å². The van der Waals surface area contributed by atoms with Crippen molar-refractivity contribution in [3.8, 4) is 11.5 Å². The van der Waals surface area contributed by atoms with Crippen LogP contribution in [0.2, 0.25) is 5.02 Å². The molecule has 0 radical (unpaired) electrons. The van der Waals surface area contributed by atoms with Crippen molar-refractivity contribution >= 4 is 40.9 Å². The maximum absolute atomic E-state index is 14.4. The van der Waals surface area contributed by atoms with Gasteiger partial charge in [-0.3, -0.25) is 24.4 Å². The van der Waals surface area contributed by atoms with Gasteiger partial charge in [-0.05, 0) is 67.7 Å². The van der Waals surface area contributed by atoms with Crippen LogP contribution in [0.4, 0.5) is 10.1 Å². The molecular formula is C30H24ClFN2O7. The van der Waals surface area contributed by atoms with Crippen LogP contribution in [0.5, 0.6) is 11.5 Å². The van der Waals surface area contributed by atoms with Crippen LogP contribution in [-0.4, -0.2) is 39.0 Å². The SMILES string of the molecule is C[C@@]12C(=O)N(c3ccc(F)c(Cl)c3)C(=O)[C@@H]1C[C@@H]1C(=CC[C@@H]3C(=O)N(O)C(=O)[C@@H]31)[C@@H]2C1=COc2ccc(O)cc2C1. The van der Waals surface area contributed by atoms with E-state index in [4.69, 9.17) is 16.3 Å². The first kappa shape index (κ1) is 25.9. The van der Waals surface area contributed by atoms with E-state index in [1.165, 1.54) is 18.2 Å². The predicted octanol–water partition coefficient (Wildman–Crippen LogP) is 4.16. The van der Waals surface area contributed by atoms with E-state index in [0.717, 1.165) is 16.5 Å². The monoisotopic (exact) mass is 578 g/mol. The van der Waals surface area contributed by atoms with Gasteiger partial charge in [-0.25, -0.2) is 9.29 Å². The zero-order valence-corrected chi connectivity index (χ0v) is 22.5. The zero-order chi connectivity index (χ0) is 29.0. The average Bonchev–Trinajstić information content (AvgIpc) is 3.29. The highest BCUT2D eigenvalue weighted by molar-refractivity contribution is 6.31. The number of halogens is 2. The molecule has 0 spiro atoms. The van der Waals surface area contributed by atoms with Crippen molar-refractivity contribution in [2.45, 2.75) is 26.2 Å². The molecule has 5 aliphatic rings. The lowest BCUT2D eigenvalue weighted by Crippen LogP contribution is -2.51. The van der Waals surface area contributed by atoms with Gasteiger partial charge in [-0.15, -0.1) is 0 Å². The predicted molar refractivity (Wildman–Crippen MR) is 141 cm³/mol. The highest BCUT2D eigenvalue weighted by atomic mass is 35.5. The van der Waals surface area contributed by atoms with Gasteiger partial charge in [0.1, 0.15) is 17.3 Å². The molecule has 2 N–H and O–H groups in total. The zero-order valence-electron chi connectivity index (χ0n) is 21.7. The smallest absolute Gasteiger partial charge is 0.257 e. The van der Waals surface area contributed by atoms with Crippen LogP contribution in [0.3, 0.4) is 0 Å². The Morgan fingerprint density at radius 1 is 1.05 bits per heavy atom. The van der Waals surface area contributed by atoms with E-state index < -0.39 is 64.5 Å².